The summed E-state index contributed by atoms with van der Waals surface area (Å²) in [5.74, 6) is 0.718. The summed E-state index contributed by atoms with van der Waals surface area (Å²) in [5, 5.41) is 15.8. The van der Waals surface area contributed by atoms with Crippen LogP contribution in [0.15, 0.2) is 65.1 Å². The molecule has 7 heteroatoms. The van der Waals surface area contributed by atoms with E-state index < -0.39 is 0 Å². The van der Waals surface area contributed by atoms with E-state index in [2.05, 4.69) is 36.3 Å². The summed E-state index contributed by atoms with van der Waals surface area (Å²) in [6, 6.07) is 19.2. The number of benzene rings is 2. The maximum absolute atomic E-state index is 12.9. The summed E-state index contributed by atoms with van der Waals surface area (Å²) in [7, 11) is 0. The van der Waals surface area contributed by atoms with Crippen LogP contribution in [0.2, 0.25) is 0 Å². The van der Waals surface area contributed by atoms with Crippen LogP contribution in [-0.2, 0) is 5.41 Å². The van der Waals surface area contributed by atoms with E-state index in [-0.39, 0.29) is 17.4 Å². The summed E-state index contributed by atoms with van der Waals surface area (Å²) in [6.45, 7) is 10.1. The van der Waals surface area contributed by atoms with Gasteiger partial charge in [-0.05, 0) is 36.8 Å². The van der Waals surface area contributed by atoms with E-state index in [1.54, 1.807) is 13.0 Å². The highest BCUT2D eigenvalue weighted by Crippen LogP contribution is 2.29. The molecule has 2 aromatic heterocycles. The molecule has 0 bridgehead atoms. The van der Waals surface area contributed by atoms with Crippen molar-refractivity contribution in [2.24, 2.45) is 0 Å². The standard InChI is InChI=1S/C25H27N5O2/c1-16(18-10-7-6-8-11-18)26-23(31)19-12-9-13-20(14-19)30-22(25(3,4)5)15-21(29-30)24-28-27-17(2)32-24/h6-16H,1-5H3,(H,26,31)/t16-/m0/s1. The molecule has 0 unspecified atom stereocenters. The molecular weight excluding hydrogens is 402 g/mol. The van der Waals surface area contributed by atoms with Gasteiger partial charge in [0.15, 0.2) is 0 Å². The van der Waals surface area contributed by atoms with Gasteiger partial charge >= 0.3 is 0 Å². The third-order valence-corrected chi connectivity index (χ3v) is 5.22. The van der Waals surface area contributed by atoms with Crippen LogP contribution in [0.1, 0.15) is 61.2 Å². The van der Waals surface area contributed by atoms with Crippen molar-refractivity contribution in [3.63, 3.8) is 0 Å². The summed E-state index contributed by atoms with van der Waals surface area (Å²) < 4.78 is 7.41. The van der Waals surface area contributed by atoms with Crippen LogP contribution >= 0.6 is 0 Å². The Balaban J connectivity index is 1.67. The lowest BCUT2D eigenvalue weighted by Gasteiger charge is -2.20. The van der Waals surface area contributed by atoms with Crippen LogP contribution < -0.4 is 5.32 Å². The lowest BCUT2D eigenvalue weighted by Crippen LogP contribution is -2.26. The molecule has 164 valence electrons. The first-order valence-corrected chi connectivity index (χ1v) is 10.6. The highest BCUT2D eigenvalue weighted by Gasteiger charge is 2.24. The van der Waals surface area contributed by atoms with Crippen molar-refractivity contribution >= 4 is 5.91 Å². The molecule has 1 amide bonds. The van der Waals surface area contributed by atoms with Crippen LogP contribution in [0.5, 0.6) is 0 Å². The van der Waals surface area contributed by atoms with E-state index in [4.69, 9.17) is 9.52 Å². The van der Waals surface area contributed by atoms with Crippen molar-refractivity contribution < 1.29 is 9.21 Å². The molecule has 0 radical (unpaired) electrons. The van der Waals surface area contributed by atoms with E-state index in [9.17, 15) is 4.79 Å². The maximum Gasteiger partial charge on any atom is 0.268 e. The van der Waals surface area contributed by atoms with Crippen molar-refractivity contribution in [2.75, 3.05) is 0 Å². The second-order valence-corrected chi connectivity index (χ2v) is 8.86. The summed E-state index contributed by atoms with van der Waals surface area (Å²) in [4.78, 5) is 12.9. The van der Waals surface area contributed by atoms with Gasteiger partial charge in [-0.1, -0.05) is 57.2 Å². The van der Waals surface area contributed by atoms with Crippen LogP contribution in [-0.4, -0.2) is 25.9 Å². The molecule has 0 aliphatic heterocycles. The van der Waals surface area contributed by atoms with Crippen LogP contribution in [0, 0.1) is 6.92 Å². The first-order valence-electron chi connectivity index (χ1n) is 10.6. The molecule has 1 N–H and O–H groups in total. The lowest BCUT2D eigenvalue weighted by atomic mass is 9.91. The quantitative estimate of drug-likeness (QED) is 0.481. The molecule has 32 heavy (non-hydrogen) atoms. The molecule has 4 rings (SSSR count). The molecule has 7 nitrogen and oxygen atoms in total. The fourth-order valence-corrected chi connectivity index (χ4v) is 3.50. The van der Waals surface area contributed by atoms with E-state index in [0.29, 0.717) is 23.0 Å². The molecule has 0 aliphatic carbocycles. The van der Waals surface area contributed by atoms with Gasteiger partial charge in [0, 0.05) is 17.9 Å². The van der Waals surface area contributed by atoms with E-state index >= 15 is 0 Å². The predicted molar refractivity (Wildman–Crippen MR) is 123 cm³/mol. The van der Waals surface area contributed by atoms with Crippen molar-refractivity contribution in [1.29, 1.82) is 0 Å². The average Bonchev–Trinajstić information content (AvgIpc) is 3.41. The van der Waals surface area contributed by atoms with Gasteiger partial charge in [-0.3, -0.25) is 4.79 Å². The molecule has 0 saturated heterocycles. The lowest BCUT2D eigenvalue weighted by molar-refractivity contribution is 0.0940. The number of hydrogen-bond donors (Lipinski definition) is 1. The maximum atomic E-state index is 12.9. The predicted octanol–water partition coefficient (Wildman–Crippen LogP) is 5.02. The molecule has 1 atom stereocenters. The number of nitrogens with one attached hydrogen (secondary N) is 1. The number of carbonyl (C=O) groups excluding carboxylic acids is 1. The van der Waals surface area contributed by atoms with Crippen LogP contribution in [0.25, 0.3) is 17.3 Å². The smallest absolute Gasteiger partial charge is 0.268 e. The Kier molecular flexibility index (Phi) is 5.65. The second kappa shape index (κ2) is 8.42. The van der Waals surface area contributed by atoms with Crippen LogP contribution in [0.4, 0.5) is 0 Å². The minimum Gasteiger partial charge on any atom is -0.420 e. The van der Waals surface area contributed by atoms with Crippen molar-refractivity contribution in [3.8, 4) is 17.3 Å². The van der Waals surface area contributed by atoms with Gasteiger partial charge in [0.2, 0.25) is 5.89 Å². The van der Waals surface area contributed by atoms with E-state index in [0.717, 1.165) is 16.9 Å². The topological polar surface area (TPSA) is 85.8 Å². The number of hydrogen-bond acceptors (Lipinski definition) is 5. The monoisotopic (exact) mass is 429 g/mol. The Bertz CT molecular complexity index is 1230. The highest BCUT2D eigenvalue weighted by atomic mass is 16.4. The van der Waals surface area contributed by atoms with Crippen molar-refractivity contribution in [3.05, 3.63) is 83.4 Å². The van der Waals surface area contributed by atoms with E-state index in [1.165, 1.54) is 0 Å². The van der Waals surface area contributed by atoms with Gasteiger partial charge in [-0.2, -0.15) is 5.10 Å². The number of nitrogens with zero attached hydrogens (tertiary/aromatic N) is 4. The number of rotatable bonds is 5. The molecular formula is C25H27N5O2. The SMILES string of the molecule is Cc1nnc(-c2cc(C(C)(C)C)n(-c3cccc(C(=O)N[C@@H](C)c4ccccc4)c3)n2)o1. The third kappa shape index (κ3) is 4.46. The molecule has 4 aromatic rings. The number of aromatic nitrogens is 4. The van der Waals surface area contributed by atoms with Gasteiger partial charge in [-0.25, -0.2) is 4.68 Å². The molecule has 0 saturated carbocycles. The fraction of sp³-hybridized carbons (Fsp3) is 0.280. The first-order chi connectivity index (χ1) is 15.2. The zero-order valence-corrected chi connectivity index (χ0v) is 19.0. The third-order valence-electron chi connectivity index (χ3n) is 5.22. The Labute approximate surface area is 187 Å². The van der Waals surface area contributed by atoms with Crippen LogP contribution in [0.3, 0.4) is 0 Å². The molecule has 0 aliphatic rings. The van der Waals surface area contributed by atoms with Crippen molar-refractivity contribution in [2.45, 2.75) is 46.1 Å². The Morgan fingerprint density at radius 1 is 1.03 bits per heavy atom. The van der Waals surface area contributed by atoms with Crippen molar-refractivity contribution in [1.82, 2.24) is 25.3 Å². The second-order valence-electron chi connectivity index (χ2n) is 8.86. The van der Waals surface area contributed by atoms with Gasteiger partial charge in [0.1, 0.15) is 5.69 Å². The fourth-order valence-electron chi connectivity index (χ4n) is 3.50. The highest BCUT2D eigenvalue weighted by molar-refractivity contribution is 5.95. The minimum absolute atomic E-state index is 0.102. The minimum atomic E-state index is -0.194. The summed E-state index contributed by atoms with van der Waals surface area (Å²) in [6.07, 6.45) is 0. The zero-order valence-electron chi connectivity index (χ0n) is 19.0. The van der Waals surface area contributed by atoms with Gasteiger partial charge in [0.05, 0.1) is 17.4 Å². The Morgan fingerprint density at radius 2 is 1.78 bits per heavy atom. The molecule has 0 fully saturated rings. The largest absolute Gasteiger partial charge is 0.420 e. The first kappa shape index (κ1) is 21.5. The number of amides is 1. The summed E-state index contributed by atoms with van der Waals surface area (Å²) >= 11 is 0. The number of carbonyl (C=O) groups is 1. The number of aryl methyl sites for hydroxylation is 1. The van der Waals surface area contributed by atoms with E-state index in [1.807, 2.05) is 66.2 Å². The zero-order chi connectivity index (χ0) is 22.9. The Morgan fingerprint density at radius 3 is 2.44 bits per heavy atom. The molecule has 2 aromatic carbocycles. The molecule has 0 spiro atoms. The van der Waals surface area contributed by atoms with Gasteiger partial charge in [0.25, 0.3) is 11.8 Å². The normalized spacial score (nSPS) is 12.5. The molecule has 2 heterocycles. The van der Waals surface area contributed by atoms with Gasteiger partial charge in [-0.15, -0.1) is 10.2 Å². The average molecular weight is 430 g/mol. The Hall–Kier alpha value is -3.74. The van der Waals surface area contributed by atoms with Gasteiger partial charge < -0.3 is 9.73 Å². The summed E-state index contributed by atoms with van der Waals surface area (Å²) in [5.41, 5.74) is 3.79.